The summed E-state index contributed by atoms with van der Waals surface area (Å²) >= 11 is 2.31. The molecular formula is C11H14INO. The van der Waals surface area contributed by atoms with Crippen LogP contribution in [0.1, 0.15) is 17.9 Å². The predicted molar refractivity (Wildman–Crippen MR) is 65.4 cm³/mol. The van der Waals surface area contributed by atoms with Crippen molar-refractivity contribution in [2.45, 2.75) is 18.4 Å². The van der Waals surface area contributed by atoms with Gasteiger partial charge in [-0.15, -0.1) is 0 Å². The van der Waals surface area contributed by atoms with Gasteiger partial charge in [0.2, 0.25) is 0 Å². The van der Waals surface area contributed by atoms with E-state index < -0.39 is 0 Å². The second-order valence-corrected chi connectivity index (χ2v) is 4.94. The molecule has 2 N–H and O–H groups in total. The molecule has 0 aromatic heterocycles. The highest BCUT2D eigenvalue weighted by atomic mass is 127. The quantitative estimate of drug-likeness (QED) is 0.816. The Kier molecular flexibility index (Phi) is 3.41. The first-order valence-corrected chi connectivity index (χ1v) is 5.99. The molecule has 0 bridgehead atoms. The summed E-state index contributed by atoms with van der Waals surface area (Å²) in [4.78, 5) is 0. The number of benzene rings is 1. The third-order valence-electron chi connectivity index (χ3n) is 2.84. The molecule has 14 heavy (non-hydrogen) atoms. The molecule has 2 atom stereocenters. The van der Waals surface area contributed by atoms with E-state index in [-0.39, 0.29) is 12.6 Å². The molecule has 1 aliphatic rings. The summed E-state index contributed by atoms with van der Waals surface area (Å²) in [6, 6.07) is 8.84. The normalized spacial score (nSPS) is 26.7. The van der Waals surface area contributed by atoms with Crippen molar-refractivity contribution >= 4 is 22.6 Å². The van der Waals surface area contributed by atoms with E-state index >= 15 is 0 Å². The molecule has 1 fully saturated rings. The lowest BCUT2D eigenvalue weighted by atomic mass is 9.92. The summed E-state index contributed by atoms with van der Waals surface area (Å²) in [5.74, 6) is 0.483. The van der Waals surface area contributed by atoms with E-state index in [9.17, 15) is 5.11 Å². The first-order valence-electron chi connectivity index (χ1n) is 4.91. The van der Waals surface area contributed by atoms with Gasteiger partial charge in [0.1, 0.15) is 0 Å². The van der Waals surface area contributed by atoms with Gasteiger partial charge in [-0.1, -0.05) is 12.1 Å². The van der Waals surface area contributed by atoms with E-state index in [4.69, 9.17) is 0 Å². The number of aliphatic hydroxyl groups is 1. The number of nitrogens with one attached hydrogen (secondary N) is 1. The van der Waals surface area contributed by atoms with Crippen molar-refractivity contribution in [3.8, 4) is 0 Å². The van der Waals surface area contributed by atoms with Crippen LogP contribution >= 0.6 is 22.6 Å². The SMILES string of the molecule is OC[C@H]1NCCC1c1ccc(I)cc1. The van der Waals surface area contributed by atoms with E-state index in [0.717, 1.165) is 13.0 Å². The van der Waals surface area contributed by atoms with Crippen molar-refractivity contribution in [2.75, 3.05) is 13.2 Å². The Morgan fingerprint density at radius 2 is 2.07 bits per heavy atom. The van der Waals surface area contributed by atoms with E-state index in [1.165, 1.54) is 9.13 Å². The van der Waals surface area contributed by atoms with E-state index in [0.29, 0.717) is 5.92 Å². The lowest BCUT2D eigenvalue weighted by Gasteiger charge is -2.17. The zero-order valence-electron chi connectivity index (χ0n) is 7.91. The summed E-state index contributed by atoms with van der Waals surface area (Å²) < 4.78 is 1.26. The van der Waals surface area contributed by atoms with Gasteiger partial charge in [0.05, 0.1) is 6.61 Å². The van der Waals surface area contributed by atoms with Crippen LogP contribution in [0.25, 0.3) is 0 Å². The van der Waals surface area contributed by atoms with Gasteiger partial charge >= 0.3 is 0 Å². The number of rotatable bonds is 2. The predicted octanol–water partition coefficient (Wildman–Crippen LogP) is 1.73. The maximum atomic E-state index is 9.19. The fourth-order valence-corrected chi connectivity index (χ4v) is 2.43. The van der Waals surface area contributed by atoms with Crippen molar-refractivity contribution in [3.63, 3.8) is 0 Å². The number of hydrogen-bond donors (Lipinski definition) is 2. The maximum Gasteiger partial charge on any atom is 0.0590 e. The van der Waals surface area contributed by atoms with Crippen molar-refractivity contribution in [2.24, 2.45) is 0 Å². The van der Waals surface area contributed by atoms with Crippen LogP contribution in [-0.2, 0) is 0 Å². The average Bonchev–Trinajstić information content (AvgIpc) is 2.67. The summed E-state index contributed by atoms with van der Waals surface area (Å²) in [7, 11) is 0. The van der Waals surface area contributed by atoms with Crippen LogP contribution in [0.2, 0.25) is 0 Å². The summed E-state index contributed by atoms with van der Waals surface area (Å²) in [5.41, 5.74) is 1.34. The second kappa shape index (κ2) is 4.59. The highest BCUT2D eigenvalue weighted by Crippen LogP contribution is 2.27. The molecular weight excluding hydrogens is 289 g/mol. The van der Waals surface area contributed by atoms with Crippen molar-refractivity contribution in [3.05, 3.63) is 33.4 Å². The van der Waals surface area contributed by atoms with Crippen LogP contribution in [0, 0.1) is 3.57 Å². The first kappa shape index (κ1) is 10.4. The minimum atomic E-state index is 0.233. The zero-order valence-corrected chi connectivity index (χ0v) is 10.1. The fourth-order valence-electron chi connectivity index (χ4n) is 2.07. The minimum Gasteiger partial charge on any atom is -0.395 e. The van der Waals surface area contributed by atoms with Gasteiger partial charge in [0.15, 0.2) is 0 Å². The number of aliphatic hydroxyl groups excluding tert-OH is 1. The molecule has 0 saturated carbocycles. The summed E-state index contributed by atoms with van der Waals surface area (Å²) in [5, 5.41) is 12.5. The molecule has 0 spiro atoms. The maximum absolute atomic E-state index is 9.19. The lowest BCUT2D eigenvalue weighted by molar-refractivity contribution is 0.245. The van der Waals surface area contributed by atoms with Crippen LogP contribution in [0.5, 0.6) is 0 Å². The van der Waals surface area contributed by atoms with Crippen LogP contribution in [0.15, 0.2) is 24.3 Å². The van der Waals surface area contributed by atoms with Gasteiger partial charge in [0.25, 0.3) is 0 Å². The molecule has 1 unspecified atom stereocenters. The minimum absolute atomic E-state index is 0.233. The van der Waals surface area contributed by atoms with Gasteiger partial charge in [-0.05, 0) is 53.3 Å². The molecule has 2 nitrogen and oxygen atoms in total. The van der Waals surface area contributed by atoms with Gasteiger partial charge in [-0.25, -0.2) is 0 Å². The summed E-state index contributed by atoms with van der Waals surface area (Å²) in [6.45, 7) is 1.25. The van der Waals surface area contributed by atoms with Crippen molar-refractivity contribution in [1.82, 2.24) is 5.32 Å². The third-order valence-corrected chi connectivity index (χ3v) is 3.56. The van der Waals surface area contributed by atoms with Crippen molar-refractivity contribution in [1.29, 1.82) is 0 Å². The van der Waals surface area contributed by atoms with Gasteiger partial charge in [0, 0.05) is 15.5 Å². The molecule has 1 aromatic rings. The Morgan fingerprint density at radius 3 is 2.71 bits per heavy atom. The van der Waals surface area contributed by atoms with Gasteiger partial charge in [-0.2, -0.15) is 0 Å². The molecule has 2 rings (SSSR count). The fraction of sp³-hybridized carbons (Fsp3) is 0.455. The Morgan fingerprint density at radius 1 is 1.36 bits per heavy atom. The molecule has 3 heteroatoms. The lowest BCUT2D eigenvalue weighted by Crippen LogP contribution is -2.29. The molecule has 0 amide bonds. The van der Waals surface area contributed by atoms with E-state index in [2.05, 4.69) is 52.2 Å². The standard InChI is InChI=1S/C11H14INO/c12-9-3-1-8(2-4-9)10-5-6-13-11(10)7-14/h1-4,10-11,13-14H,5-7H2/t10?,11-/m1/s1. The van der Waals surface area contributed by atoms with Crippen LogP contribution in [-0.4, -0.2) is 24.3 Å². The third kappa shape index (κ3) is 2.10. The highest BCUT2D eigenvalue weighted by molar-refractivity contribution is 14.1. The molecule has 1 heterocycles. The second-order valence-electron chi connectivity index (χ2n) is 3.69. The smallest absolute Gasteiger partial charge is 0.0590 e. The largest absolute Gasteiger partial charge is 0.395 e. The number of halogens is 1. The van der Waals surface area contributed by atoms with Gasteiger partial charge < -0.3 is 10.4 Å². The van der Waals surface area contributed by atoms with Crippen LogP contribution < -0.4 is 5.32 Å². The molecule has 1 aliphatic heterocycles. The van der Waals surface area contributed by atoms with Crippen LogP contribution in [0.4, 0.5) is 0 Å². The Labute approximate surface area is 97.9 Å². The Bertz CT molecular complexity index is 299. The monoisotopic (exact) mass is 303 g/mol. The molecule has 0 radical (unpaired) electrons. The molecule has 76 valence electrons. The molecule has 1 aromatic carbocycles. The molecule has 1 saturated heterocycles. The van der Waals surface area contributed by atoms with E-state index in [1.807, 2.05) is 0 Å². The van der Waals surface area contributed by atoms with Crippen LogP contribution in [0.3, 0.4) is 0 Å². The topological polar surface area (TPSA) is 32.3 Å². The first-order chi connectivity index (χ1) is 6.81. The zero-order chi connectivity index (χ0) is 9.97. The summed E-state index contributed by atoms with van der Waals surface area (Å²) in [6.07, 6.45) is 1.13. The Hall–Kier alpha value is -0.130. The highest BCUT2D eigenvalue weighted by Gasteiger charge is 2.26. The average molecular weight is 303 g/mol. The molecule has 0 aliphatic carbocycles. The van der Waals surface area contributed by atoms with Gasteiger partial charge in [-0.3, -0.25) is 0 Å². The van der Waals surface area contributed by atoms with E-state index in [1.54, 1.807) is 0 Å². The van der Waals surface area contributed by atoms with Crippen molar-refractivity contribution < 1.29 is 5.11 Å². The number of hydrogen-bond acceptors (Lipinski definition) is 2. The Balaban J connectivity index is 2.17.